The van der Waals surface area contributed by atoms with Gasteiger partial charge in [0, 0.05) is 18.8 Å². The van der Waals surface area contributed by atoms with Gasteiger partial charge in [-0.15, -0.1) is 0 Å². The molecule has 6 nitrogen and oxygen atoms in total. The molecule has 0 fully saturated rings. The van der Waals surface area contributed by atoms with Crippen molar-refractivity contribution in [3.8, 4) is 5.75 Å². The van der Waals surface area contributed by atoms with Crippen molar-refractivity contribution in [2.45, 2.75) is 25.3 Å². The van der Waals surface area contributed by atoms with Gasteiger partial charge in [0.05, 0.1) is 18.9 Å². The van der Waals surface area contributed by atoms with Crippen LogP contribution in [0.5, 0.6) is 5.75 Å². The van der Waals surface area contributed by atoms with Crippen LogP contribution in [0.3, 0.4) is 0 Å². The van der Waals surface area contributed by atoms with Gasteiger partial charge in [-0.3, -0.25) is 4.79 Å². The highest BCUT2D eigenvalue weighted by Gasteiger charge is 2.32. The Morgan fingerprint density at radius 3 is 2.41 bits per heavy atom. The molecule has 1 amide bonds. The van der Waals surface area contributed by atoms with Gasteiger partial charge in [0.25, 0.3) is 0 Å². The van der Waals surface area contributed by atoms with E-state index in [4.69, 9.17) is 4.74 Å². The van der Waals surface area contributed by atoms with Crippen LogP contribution < -0.4 is 9.84 Å². The number of benzene rings is 2. The number of hydrogen-bond acceptors (Lipinski definition) is 5. The second kappa shape index (κ2) is 7.99. The fourth-order valence-corrected chi connectivity index (χ4v) is 2.97. The molecule has 2 aromatic rings. The molecule has 0 aliphatic carbocycles. The summed E-state index contributed by atoms with van der Waals surface area (Å²) in [6.45, 7) is 0. The van der Waals surface area contributed by atoms with E-state index in [-0.39, 0.29) is 18.7 Å². The molecule has 0 N–H and O–H groups in total. The van der Waals surface area contributed by atoms with Gasteiger partial charge >= 0.3 is 0 Å². The van der Waals surface area contributed by atoms with E-state index in [1.165, 1.54) is 17.1 Å². The number of hydrazone groups is 1. The monoisotopic (exact) mass is 369 g/mol. The van der Waals surface area contributed by atoms with E-state index in [0.29, 0.717) is 17.9 Å². The first-order chi connectivity index (χ1) is 13.0. The maximum Gasteiger partial charge on any atom is 0.243 e. The van der Waals surface area contributed by atoms with E-state index in [9.17, 15) is 19.1 Å². The van der Waals surface area contributed by atoms with Crippen molar-refractivity contribution < 1.29 is 23.8 Å². The minimum absolute atomic E-state index is 0.209. The van der Waals surface area contributed by atoms with E-state index in [1.807, 2.05) is 12.1 Å². The number of hydrogen-bond donors (Lipinski definition) is 0. The van der Waals surface area contributed by atoms with Crippen molar-refractivity contribution in [3.63, 3.8) is 0 Å². The van der Waals surface area contributed by atoms with Crippen LogP contribution in [-0.4, -0.2) is 29.7 Å². The smallest absolute Gasteiger partial charge is 0.243 e. The lowest BCUT2D eigenvalue weighted by atomic mass is 9.98. The Morgan fingerprint density at radius 1 is 1.15 bits per heavy atom. The number of aliphatic carboxylic acids is 1. The molecule has 140 valence electrons. The molecule has 2 aromatic carbocycles. The Balaban J connectivity index is 1.88. The number of rotatable bonds is 6. The van der Waals surface area contributed by atoms with Crippen LogP contribution in [0.25, 0.3) is 0 Å². The number of carbonyl (C=O) groups excluding carboxylic acids is 2. The number of carbonyl (C=O) groups is 2. The highest BCUT2D eigenvalue weighted by atomic mass is 19.1. The van der Waals surface area contributed by atoms with Gasteiger partial charge in [0.15, 0.2) is 0 Å². The summed E-state index contributed by atoms with van der Waals surface area (Å²) in [5.41, 5.74) is 2.25. The zero-order chi connectivity index (χ0) is 19.4. The van der Waals surface area contributed by atoms with Gasteiger partial charge in [0.2, 0.25) is 5.91 Å². The van der Waals surface area contributed by atoms with Gasteiger partial charge in [-0.2, -0.15) is 5.10 Å². The molecule has 0 spiro atoms. The lowest BCUT2D eigenvalue weighted by molar-refractivity contribution is -0.305. The highest BCUT2D eigenvalue weighted by Crippen LogP contribution is 2.33. The van der Waals surface area contributed by atoms with Crippen molar-refractivity contribution in [1.29, 1.82) is 0 Å². The average Bonchev–Trinajstić information content (AvgIpc) is 3.12. The van der Waals surface area contributed by atoms with Crippen LogP contribution in [0.4, 0.5) is 4.39 Å². The second-order valence-electron chi connectivity index (χ2n) is 6.16. The molecule has 0 saturated heterocycles. The normalized spacial score (nSPS) is 16.1. The molecule has 0 unspecified atom stereocenters. The third-order valence-corrected chi connectivity index (χ3v) is 4.39. The van der Waals surface area contributed by atoms with Crippen molar-refractivity contribution in [2.75, 3.05) is 7.11 Å². The number of amides is 1. The zero-order valence-electron chi connectivity index (χ0n) is 14.7. The molecule has 0 radical (unpaired) electrons. The van der Waals surface area contributed by atoms with Crippen LogP contribution in [0.1, 0.15) is 36.4 Å². The first kappa shape index (κ1) is 18.6. The van der Waals surface area contributed by atoms with E-state index in [0.717, 1.165) is 11.1 Å². The molecule has 1 aliphatic heterocycles. The van der Waals surface area contributed by atoms with Crippen LogP contribution in [-0.2, 0) is 9.59 Å². The number of ether oxygens (including phenoxy) is 1. The summed E-state index contributed by atoms with van der Waals surface area (Å²) in [6, 6.07) is 12.7. The molecular weight excluding hydrogens is 351 g/mol. The molecule has 0 aromatic heterocycles. The van der Waals surface area contributed by atoms with Crippen molar-refractivity contribution >= 4 is 17.6 Å². The fraction of sp³-hybridized carbons (Fsp3) is 0.250. The molecule has 1 aliphatic rings. The molecule has 0 bridgehead atoms. The molecular formula is C20H18FN2O4-. The number of carboxylic acids is 1. The number of halogens is 1. The lowest BCUT2D eigenvalue weighted by Crippen LogP contribution is -2.29. The summed E-state index contributed by atoms with van der Waals surface area (Å²) >= 11 is 0. The van der Waals surface area contributed by atoms with Gasteiger partial charge < -0.3 is 14.6 Å². The van der Waals surface area contributed by atoms with E-state index >= 15 is 0 Å². The lowest BCUT2D eigenvalue weighted by Gasteiger charge is -2.22. The first-order valence-electron chi connectivity index (χ1n) is 8.47. The van der Waals surface area contributed by atoms with Gasteiger partial charge in [0.1, 0.15) is 11.6 Å². The number of methoxy groups -OCH3 is 1. The van der Waals surface area contributed by atoms with Gasteiger partial charge in [-0.1, -0.05) is 12.1 Å². The van der Waals surface area contributed by atoms with Gasteiger partial charge in [-0.25, -0.2) is 9.40 Å². The SMILES string of the molecule is COc1ccc(C2=NN(C(=O)CCC(=O)[O-])[C@H](c3ccc(F)cc3)C2)cc1. The minimum Gasteiger partial charge on any atom is -0.550 e. The van der Waals surface area contributed by atoms with Crippen LogP contribution >= 0.6 is 0 Å². The van der Waals surface area contributed by atoms with E-state index in [1.54, 1.807) is 31.4 Å². The van der Waals surface area contributed by atoms with Crippen LogP contribution in [0.2, 0.25) is 0 Å². The molecule has 0 saturated carbocycles. The summed E-state index contributed by atoms with van der Waals surface area (Å²) in [7, 11) is 1.57. The predicted molar refractivity (Wildman–Crippen MR) is 94.4 cm³/mol. The standard InChI is InChI=1S/C20H19FN2O4/c1-27-16-8-4-13(5-9-16)17-12-18(14-2-6-15(21)7-3-14)23(22-17)19(24)10-11-20(25)26/h2-9,18H,10-12H2,1H3,(H,25,26)/p-1/t18-/m0/s1. The van der Waals surface area contributed by atoms with E-state index < -0.39 is 17.9 Å². The molecule has 7 heteroatoms. The topological polar surface area (TPSA) is 82.0 Å². The third-order valence-electron chi connectivity index (χ3n) is 4.39. The summed E-state index contributed by atoms with van der Waals surface area (Å²) in [6.07, 6.45) is -0.146. The van der Waals surface area contributed by atoms with Crippen LogP contribution in [0.15, 0.2) is 53.6 Å². The first-order valence-corrected chi connectivity index (χ1v) is 8.47. The van der Waals surface area contributed by atoms with Crippen LogP contribution in [0, 0.1) is 5.82 Å². The molecule has 1 atom stereocenters. The highest BCUT2D eigenvalue weighted by molar-refractivity contribution is 6.03. The largest absolute Gasteiger partial charge is 0.550 e. The maximum absolute atomic E-state index is 13.3. The van der Waals surface area contributed by atoms with Gasteiger partial charge in [-0.05, 0) is 53.9 Å². The van der Waals surface area contributed by atoms with E-state index in [2.05, 4.69) is 5.10 Å². The Bertz CT molecular complexity index is 863. The molecule has 27 heavy (non-hydrogen) atoms. The summed E-state index contributed by atoms with van der Waals surface area (Å²) in [5.74, 6) is -1.38. The molecule has 1 heterocycles. The Kier molecular flexibility index (Phi) is 5.49. The Hall–Kier alpha value is -3.22. The summed E-state index contributed by atoms with van der Waals surface area (Å²) in [4.78, 5) is 23.2. The summed E-state index contributed by atoms with van der Waals surface area (Å²) < 4.78 is 18.4. The van der Waals surface area contributed by atoms with Crippen molar-refractivity contribution in [3.05, 3.63) is 65.5 Å². The van der Waals surface area contributed by atoms with Crippen molar-refractivity contribution in [2.24, 2.45) is 5.10 Å². The summed E-state index contributed by atoms with van der Waals surface area (Å²) in [5, 5.41) is 16.4. The Morgan fingerprint density at radius 2 is 1.81 bits per heavy atom. The third kappa shape index (κ3) is 4.31. The number of nitrogens with zero attached hydrogens (tertiary/aromatic N) is 2. The Labute approximate surface area is 155 Å². The second-order valence-corrected chi connectivity index (χ2v) is 6.16. The average molecular weight is 369 g/mol. The fourth-order valence-electron chi connectivity index (χ4n) is 2.97. The molecule has 3 rings (SSSR count). The number of carboxylic acid groups (broad SMARTS) is 1. The maximum atomic E-state index is 13.3. The quantitative estimate of drug-likeness (QED) is 0.780. The predicted octanol–water partition coefficient (Wildman–Crippen LogP) is 2.04. The zero-order valence-corrected chi connectivity index (χ0v) is 14.7. The minimum atomic E-state index is -1.29. The van der Waals surface area contributed by atoms with Crippen molar-refractivity contribution in [1.82, 2.24) is 5.01 Å².